The summed E-state index contributed by atoms with van der Waals surface area (Å²) in [6.07, 6.45) is 4.36. The summed E-state index contributed by atoms with van der Waals surface area (Å²) in [4.78, 5) is 0. The molecule has 0 radical (unpaired) electrons. The summed E-state index contributed by atoms with van der Waals surface area (Å²) in [7, 11) is 0. The number of aryl methyl sites for hydroxylation is 1. The highest BCUT2D eigenvalue weighted by molar-refractivity contribution is 6.25. The SMILES string of the molecule is Cc1ccc2c3cc4c5cccc6c7ccccc7n(c4cc3cc[n+]2c1)c65. The van der Waals surface area contributed by atoms with Crippen LogP contribution in [0.5, 0.6) is 0 Å². The van der Waals surface area contributed by atoms with E-state index in [-0.39, 0.29) is 0 Å². The Morgan fingerprint density at radius 1 is 0.679 bits per heavy atom. The van der Waals surface area contributed by atoms with Crippen LogP contribution in [0.1, 0.15) is 5.56 Å². The lowest BCUT2D eigenvalue weighted by molar-refractivity contribution is -0.511. The predicted octanol–water partition coefficient (Wildman–Crippen LogP) is 6.04. The third-order valence-electron chi connectivity index (χ3n) is 6.21. The Labute approximate surface area is 161 Å². The number of rotatable bonds is 0. The molecule has 28 heavy (non-hydrogen) atoms. The first-order valence-electron chi connectivity index (χ1n) is 9.71. The van der Waals surface area contributed by atoms with Crippen LogP contribution in [0, 0.1) is 6.92 Å². The van der Waals surface area contributed by atoms with Crippen molar-refractivity contribution >= 4 is 54.4 Å². The minimum atomic E-state index is 1.25. The summed E-state index contributed by atoms with van der Waals surface area (Å²) in [6, 6.07) is 26.8. The fraction of sp³-hybridized carbons (Fsp3) is 0.0385. The molecule has 7 rings (SSSR count). The van der Waals surface area contributed by atoms with Crippen LogP contribution >= 0.6 is 0 Å². The fourth-order valence-corrected chi connectivity index (χ4v) is 4.99. The van der Waals surface area contributed by atoms with Gasteiger partial charge in [0.2, 0.25) is 5.52 Å². The van der Waals surface area contributed by atoms with Gasteiger partial charge in [-0.1, -0.05) is 36.4 Å². The maximum absolute atomic E-state index is 2.45. The molecule has 3 aromatic carbocycles. The number of hydrogen-bond acceptors (Lipinski definition) is 0. The van der Waals surface area contributed by atoms with E-state index in [4.69, 9.17) is 0 Å². The highest BCUT2D eigenvalue weighted by Crippen LogP contribution is 2.40. The smallest absolute Gasteiger partial charge is 0.218 e. The standard InChI is InChI=1S/C26H17N2/c1-16-9-10-23-21-14-22-20-7-4-6-19-18-5-2-3-8-24(18)28(26(19)20)25(22)13-17(21)11-12-27(23)15-16/h2-15H,1H3/q+1. The number of fused-ring (bicyclic) bond motifs is 9. The molecule has 2 nitrogen and oxygen atoms in total. The zero-order chi connectivity index (χ0) is 18.4. The second-order valence-electron chi connectivity index (χ2n) is 7.83. The van der Waals surface area contributed by atoms with Gasteiger partial charge in [-0.2, -0.15) is 4.40 Å². The van der Waals surface area contributed by atoms with Gasteiger partial charge in [-0.3, -0.25) is 0 Å². The van der Waals surface area contributed by atoms with E-state index in [0.717, 1.165) is 0 Å². The van der Waals surface area contributed by atoms with E-state index < -0.39 is 0 Å². The lowest BCUT2D eigenvalue weighted by Crippen LogP contribution is -2.20. The monoisotopic (exact) mass is 357 g/mol. The van der Waals surface area contributed by atoms with E-state index in [9.17, 15) is 0 Å². The molecule has 0 aliphatic carbocycles. The van der Waals surface area contributed by atoms with Crippen LogP contribution in [-0.2, 0) is 0 Å². The van der Waals surface area contributed by atoms with Crippen molar-refractivity contribution in [1.29, 1.82) is 0 Å². The van der Waals surface area contributed by atoms with Gasteiger partial charge in [0.25, 0.3) is 0 Å². The average molecular weight is 357 g/mol. The van der Waals surface area contributed by atoms with Gasteiger partial charge >= 0.3 is 0 Å². The molecular weight excluding hydrogens is 340 g/mol. The topological polar surface area (TPSA) is 8.51 Å². The van der Waals surface area contributed by atoms with Gasteiger partial charge in [0, 0.05) is 39.2 Å². The molecule has 0 aliphatic heterocycles. The molecule has 0 atom stereocenters. The average Bonchev–Trinajstić information content (AvgIpc) is 3.23. The maximum Gasteiger partial charge on any atom is 0.218 e. The Morgan fingerprint density at radius 3 is 2.43 bits per heavy atom. The molecule has 2 heteroatoms. The molecule has 0 N–H and O–H groups in total. The van der Waals surface area contributed by atoms with Crippen molar-refractivity contribution in [3.8, 4) is 0 Å². The minimum Gasteiger partial charge on any atom is -0.308 e. The Kier molecular flexibility index (Phi) is 2.47. The van der Waals surface area contributed by atoms with Crippen molar-refractivity contribution < 1.29 is 4.40 Å². The number of nitrogens with zero attached hydrogens (tertiary/aromatic N) is 2. The molecule has 7 aromatic rings. The quantitative estimate of drug-likeness (QED) is 0.231. The zero-order valence-corrected chi connectivity index (χ0v) is 15.5. The Morgan fingerprint density at radius 2 is 1.50 bits per heavy atom. The summed E-state index contributed by atoms with van der Waals surface area (Å²) in [6.45, 7) is 2.14. The summed E-state index contributed by atoms with van der Waals surface area (Å²) in [5, 5.41) is 7.90. The first-order valence-corrected chi connectivity index (χ1v) is 9.71. The Bertz CT molecular complexity index is 1720. The molecule has 130 valence electrons. The zero-order valence-electron chi connectivity index (χ0n) is 15.5. The maximum atomic E-state index is 2.45. The molecule has 0 amide bonds. The van der Waals surface area contributed by atoms with Gasteiger partial charge in [0.15, 0.2) is 12.4 Å². The third-order valence-corrected chi connectivity index (χ3v) is 6.21. The van der Waals surface area contributed by atoms with Gasteiger partial charge in [0.1, 0.15) is 0 Å². The number of benzene rings is 3. The van der Waals surface area contributed by atoms with Crippen molar-refractivity contribution in [2.75, 3.05) is 0 Å². The van der Waals surface area contributed by atoms with Crippen LogP contribution in [0.2, 0.25) is 0 Å². The number of hydrogen-bond donors (Lipinski definition) is 0. The van der Waals surface area contributed by atoms with Crippen LogP contribution < -0.4 is 4.40 Å². The van der Waals surface area contributed by atoms with Crippen LogP contribution in [0.25, 0.3) is 54.4 Å². The fourth-order valence-electron chi connectivity index (χ4n) is 4.99. The molecule has 0 unspecified atom stereocenters. The summed E-state index contributed by atoms with van der Waals surface area (Å²) < 4.78 is 4.68. The molecule has 4 aromatic heterocycles. The van der Waals surface area contributed by atoms with Gasteiger partial charge in [0.05, 0.1) is 21.9 Å². The highest BCUT2D eigenvalue weighted by atomic mass is 14.9. The van der Waals surface area contributed by atoms with Gasteiger partial charge in [-0.05, 0) is 36.6 Å². The molecule has 4 heterocycles. The van der Waals surface area contributed by atoms with E-state index >= 15 is 0 Å². The molecule has 0 fully saturated rings. The summed E-state index contributed by atoms with van der Waals surface area (Å²) in [5.74, 6) is 0. The van der Waals surface area contributed by atoms with Crippen LogP contribution in [-0.4, -0.2) is 4.40 Å². The van der Waals surface area contributed by atoms with Crippen molar-refractivity contribution in [1.82, 2.24) is 4.40 Å². The first-order chi connectivity index (χ1) is 13.8. The van der Waals surface area contributed by atoms with Crippen LogP contribution in [0.4, 0.5) is 0 Å². The normalized spacial score (nSPS) is 12.5. The molecule has 0 saturated heterocycles. The van der Waals surface area contributed by atoms with E-state index in [1.807, 2.05) is 0 Å². The largest absolute Gasteiger partial charge is 0.308 e. The van der Waals surface area contributed by atoms with Gasteiger partial charge in [-0.15, -0.1) is 0 Å². The minimum absolute atomic E-state index is 1.25. The molecule has 0 saturated carbocycles. The molecular formula is C26H17N2+. The second kappa shape index (κ2) is 4.79. The van der Waals surface area contributed by atoms with Crippen molar-refractivity contribution in [2.45, 2.75) is 6.92 Å². The lowest BCUT2D eigenvalue weighted by Gasteiger charge is -2.02. The van der Waals surface area contributed by atoms with Crippen molar-refractivity contribution in [3.05, 3.63) is 90.8 Å². The van der Waals surface area contributed by atoms with Crippen LogP contribution in [0.3, 0.4) is 0 Å². The van der Waals surface area contributed by atoms with Gasteiger partial charge < -0.3 is 4.40 Å². The highest BCUT2D eigenvalue weighted by Gasteiger charge is 2.18. The summed E-state index contributed by atoms with van der Waals surface area (Å²) >= 11 is 0. The Hall–Kier alpha value is -3.65. The number of aromatic nitrogens is 2. The van der Waals surface area contributed by atoms with E-state index in [1.54, 1.807) is 0 Å². The first kappa shape index (κ1) is 14.4. The second-order valence-corrected chi connectivity index (χ2v) is 7.83. The van der Waals surface area contributed by atoms with E-state index in [2.05, 4.69) is 101 Å². The van der Waals surface area contributed by atoms with Crippen molar-refractivity contribution in [3.63, 3.8) is 0 Å². The Balaban J connectivity index is 1.78. The third kappa shape index (κ3) is 1.62. The molecule has 0 aliphatic rings. The number of pyridine rings is 2. The summed E-state index contributed by atoms with van der Waals surface area (Å²) in [5.41, 5.74) is 6.43. The predicted molar refractivity (Wildman–Crippen MR) is 117 cm³/mol. The van der Waals surface area contributed by atoms with E-state index in [0.29, 0.717) is 0 Å². The van der Waals surface area contributed by atoms with Crippen LogP contribution in [0.15, 0.2) is 85.2 Å². The van der Waals surface area contributed by atoms with Gasteiger partial charge in [-0.25, -0.2) is 0 Å². The lowest BCUT2D eigenvalue weighted by atomic mass is 10.0. The van der Waals surface area contributed by atoms with E-state index in [1.165, 1.54) is 59.9 Å². The van der Waals surface area contributed by atoms with Crippen molar-refractivity contribution in [2.24, 2.45) is 0 Å². The molecule has 0 bridgehead atoms. The molecule has 0 spiro atoms. The number of para-hydroxylation sites is 2.